The van der Waals surface area contributed by atoms with Crippen LogP contribution in [-0.2, 0) is 0 Å². The van der Waals surface area contributed by atoms with E-state index in [2.05, 4.69) is 0 Å². The standard InChI is InChI=1S/C14H17Cl3O3/c15-14(16,17)7-3-1-2-4-8-18-11-5-6-12-13(9-11)20-10-19-12/h5-6,9H,1-4,7-8,10H2. The van der Waals surface area contributed by atoms with Crippen molar-refractivity contribution in [1.82, 2.24) is 0 Å². The molecule has 1 aliphatic rings. The van der Waals surface area contributed by atoms with Crippen molar-refractivity contribution in [2.24, 2.45) is 0 Å². The summed E-state index contributed by atoms with van der Waals surface area (Å²) in [4.78, 5) is 0. The Bertz CT molecular complexity index is 432. The van der Waals surface area contributed by atoms with Gasteiger partial charge in [-0.3, -0.25) is 0 Å². The molecule has 0 N–H and O–H groups in total. The average Bonchev–Trinajstić information content (AvgIpc) is 2.83. The van der Waals surface area contributed by atoms with Crippen molar-refractivity contribution in [2.45, 2.75) is 35.9 Å². The van der Waals surface area contributed by atoms with Gasteiger partial charge in [0.05, 0.1) is 6.61 Å². The Labute approximate surface area is 134 Å². The molecule has 0 amide bonds. The lowest BCUT2D eigenvalue weighted by Crippen LogP contribution is -2.01. The van der Waals surface area contributed by atoms with E-state index in [4.69, 9.17) is 49.0 Å². The van der Waals surface area contributed by atoms with E-state index in [0.29, 0.717) is 13.0 Å². The molecule has 6 heteroatoms. The van der Waals surface area contributed by atoms with Crippen LogP contribution in [0.5, 0.6) is 17.2 Å². The molecule has 0 radical (unpaired) electrons. The average molecular weight is 340 g/mol. The molecule has 1 heterocycles. The Morgan fingerprint density at radius 3 is 2.55 bits per heavy atom. The van der Waals surface area contributed by atoms with Crippen molar-refractivity contribution in [3.05, 3.63) is 18.2 Å². The Hall–Kier alpha value is -0.510. The minimum absolute atomic E-state index is 0.280. The van der Waals surface area contributed by atoms with Crippen LogP contribution in [0.25, 0.3) is 0 Å². The van der Waals surface area contributed by atoms with Gasteiger partial charge in [0.2, 0.25) is 6.79 Å². The number of rotatable bonds is 7. The molecule has 1 aliphatic heterocycles. The highest BCUT2D eigenvalue weighted by molar-refractivity contribution is 6.67. The fourth-order valence-corrected chi connectivity index (χ4v) is 2.34. The molecule has 1 aromatic carbocycles. The molecule has 0 atom stereocenters. The van der Waals surface area contributed by atoms with Gasteiger partial charge in [0.1, 0.15) is 5.75 Å². The number of alkyl halides is 3. The molecule has 20 heavy (non-hydrogen) atoms. The number of hydrogen-bond donors (Lipinski definition) is 0. The maximum Gasteiger partial charge on any atom is 0.231 e. The fraction of sp³-hybridized carbons (Fsp3) is 0.571. The first kappa shape index (κ1) is 15.9. The Morgan fingerprint density at radius 1 is 1.00 bits per heavy atom. The van der Waals surface area contributed by atoms with Gasteiger partial charge in [-0.05, 0) is 31.4 Å². The van der Waals surface area contributed by atoms with Gasteiger partial charge in [-0.25, -0.2) is 0 Å². The monoisotopic (exact) mass is 338 g/mol. The van der Waals surface area contributed by atoms with Gasteiger partial charge < -0.3 is 14.2 Å². The Balaban J connectivity index is 1.57. The van der Waals surface area contributed by atoms with E-state index in [-0.39, 0.29) is 6.79 Å². The fourth-order valence-electron chi connectivity index (χ4n) is 1.94. The van der Waals surface area contributed by atoms with Crippen LogP contribution in [0.3, 0.4) is 0 Å². The Kier molecular flexibility index (Phi) is 5.94. The number of halogens is 3. The lowest BCUT2D eigenvalue weighted by atomic mass is 10.2. The number of benzene rings is 1. The van der Waals surface area contributed by atoms with Gasteiger partial charge in [0.25, 0.3) is 0 Å². The summed E-state index contributed by atoms with van der Waals surface area (Å²) in [5, 5.41) is 0. The van der Waals surface area contributed by atoms with Crippen molar-refractivity contribution >= 4 is 34.8 Å². The zero-order valence-electron chi connectivity index (χ0n) is 11.0. The summed E-state index contributed by atoms with van der Waals surface area (Å²) in [5.41, 5.74) is 0. The predicted molar refractivity (Wildman–Crippen MR) is 81.4 cm³/mol. The summed E-state index contributed by atoms with van der Waals surface area (Å²) < 4.78 is 15.1. The van der Waals surface area contributed by atoms with Crippen LogP contribution < -0.4 is 14.2 Å². The summed E-state index contributed by atoms with van der Waals surface area (Å²) in [6, 6.07) is 5.60. The molecular formula is C14H17Cl3O3. The van der Waals surface area contributed by atoms with Crippen molar-refractivity contribution in [3.63, 3.8) is 0 Å². The van der Waals surface area contributed by atoms with E-state index in [9.17, 15) is 0 Å². The van der Waals surface area contributed by atoms with Gasteiger partial charge in [-0.15, -0.1) is 0 Å². The van der Waals surface area contributed by atoms with E-state index in [1.807, 2.05) is 18.2 Å². The predicted octanol–water partition coefficient (Wildman–Crippen LogP) is 5.11. The maximum absolute atomic E-state index is 5.68. The molecule has 0 spiro atoms. The lowest BCUT2D eigenvalue weighted by molar-refractivity contribution is 0.173. The van der Waals surface area contributed by atoms with E-state index in [0.717, 1.165) is 42.9 Å². The van der Waals surface area contributed by atoms with Crippen LogP contribution in [0, 0.1) is 0 Å². The SMILES string of the molecule is ClC(Cl)(Cl)CCCCCCOc1ccc2c(c1)OCO2. The molecule has 0 bridgehead atoms. The van der Waals surface area contributed by atoms with Gasteiger partial charge in [0.15, 0.2) is 15.3 Å². The number of ether oxygens (including phenoxy) is 3. The molecule has 0 aromatic heterocycles. The molecule has 0 saturated carbocycles. The van der Waals surface area contributed by atoms with Crippen LogP contribution in [-0.4, -0.2) is 17.2 Å². The molecule has 0 saturated heterocycles. The van der Waals surface area contributed by atoms with Crippen LogP contribution in [0.4, 0.5) is 0 Å². The topological polar surface area (TPSA) is 27.7 Å². The molecule has 2 rings (SSSR count). The van der Waals surface area contributed by atoms with Gasteiger partial charge >= 0.3 is 0 Å². The molecule has 3 nitrogen and oxygen atoms in total. The third-order valence-electron chi connectivity index (χ3n) is 2.97. The van der Waals surface area contributed by atoms with E-state index in [1.54, 1.807) is 0 Å². The molecule has 1 aromatic rings. The number of fused-ring (bicyclic) bond motifs is 1. The van der Waals surface area contributed by atoms with Gasteiger partial charge in [-0.2, -0.15) is 0 Å². The van der Waals surface area contributed by atoms with Crippen molar-refractivity contribution in [2.75, 3.05) is 13.4 Å². The van der Waals surface area contributed by atoms with E-state index >= 15 is 0 Å². The third kappa shape index (κ3) is 5.47. The third-order valence-corrected chi connectivity index (χ3v) is 3.53. The summed E-state index contributed by atoms with van der Waals surface area (Å²) >= 11 is 17.1. The van der Waals surface area contributed by atoms with Crippen molar-refractivity contribution in [3.8, 4) is 17.2 Å². The largest absolute Gasteiger partial charge is 0.493 e. The normalized spacial score (nSPS) is 13.6. The zero-order valence-corrected chi connectivity index (χ0v) is 13.3. The number of hydrogen-bond acceptors (Lipinski definition) is 3. The highest BCUT2D eigenvalue weighted by atomic mass is 35.6. The molecule has 112 valence electrons. The van der Waals surface area contributed by atoms with Crippen LogP contribution >= 0.6 is 34.8 Å². The van der Waals surface area contributed by atoms with E-state index in [1.165, 1.54) is 0 Å². The Morgan fingerprint density at radius 2 is 1.75 bits per heavy atom. The molecule has 0 unspecified atom stereocenters. The van der Waals surface area contributed by atoms with E-state index < -0.39 is 3.79 Å². The smallest absolute Gasteiger partial charge is 0.231 e. The molecule has 0 fully saturated rings. The second-order valence-corrected chi connectivity index (χ2v) is 7.16. The highest BCUT2D eigenvalue weighted by Gasteiger charge is 2.18. The highest BCUT2D eigenvalue weighted by Crippen LogP contribution is 2.35. The second-order valence-electron chi connectivity index (χ2n) is 4.64. The molecular weight excluding hydrogens is 323 g/mol. The molecule has 0 aliphatic carbocycles. The van der Waals surface area contributed by atoms with Crippen molar-refractivity contribution in [1.29, 1.82) is 0 Å². The first-order valence-electron chi connectivity index (χ1n) is 6.64. The summed E-state index contributed by atoms with van der Waals surface area (Å²) in [5.74, 6) is 2.31. The van der Waals surface area contributed by atoms with Crippen LogP contribution in [0.1, 0.15) is 32.1 Å². The summed E-state index contributed by atoms with van der Waals surface area (Å²) in [6.07, 6.45) is 4.60. The maximum atomic E-state index is 5.68. The minimum Gasteiger partial charge on any atom is -0.493 e. The van der Waals surface area contributed by atoms with Gasteiger partial charge in [-0.1, -0.05) is 47.6 Å². The first-order valence-corrected chi connectivity index (χ1v) is 7.77. The zero-order chi connectivity index (χ0) is 14.4. The lowest BCUT2D eigenvalue weighted by Gasteiger charge is -2.10. The van der Waals surface area contributed by atoms with Crippen molar-refractivity contribution < 1.29 is 14.2 Å². The van der Waals surface area contributed by atoms with Crippen LogP contribution in [0.15, 0.2) is 18.2 Å². The number of unbranched alkanes of at least 4 members (excludes halogenated alkanes) is 3. The summed E-state index contributed by atoms with van der Waals surface area (Å²) in [7, 11) is 0. The summed E-state index contributed by atoms with van der Waals surface area (Å²) in [6.45, 7) is 0.954. The first-order chi connectivity index (χ1) is 9.54. The quantitative estimate of drug-likeness (QED) is 0.510. The second kappa shape index (κ2) is 7.48. The minimum atomic E-state index is -1.12. The van der Waals surface area contributed by atoms with Gasteiger partial charge in [0, 0.05) is 6.07 Å². The van der Waals surface area contributed by atoms with Crippen LogP contribution in [0.2, 0.25) is 0 Å².